The number of H-pyrrole nitrogens is 1. The fraction of sp³-hybridized carbons (Fsp3) is 0.417. The van der Waals surface area contributed by atoms with Gasteiger partial charge in [-0.05, 0) is 24.9 Å². The van der Waals surface area contributed by atoms with E-state index in [2.05, 4.69) is 19.7 Å². The van der Waals surface area contributed by atoms with E-state index >= 15 is 0 Å². The second kappa shape index (κ2) is 4.38. The summed E-state index contributed by atoms with van der Waals surface area (Å²) in [5, 5.41) is 8.36. The molecule has 0 spiro atoms. The van der Waals surface area contributed by atoms with E-state index in [1.807, 2.05) is 6.07 Å². The summed E-state index contributed by atoms with van der Waals surface area (Å²) in [5.74, 6) is 2.16. The van der Waals surface area contributed by atoms with Gasteiger partial charge in [-0.15, -0.1) is 10.2 Å². The third-order valence-corrected chi connectivity index (χ3v) is 3.39. The van der Waals surface area contributed by atoms with Gasteiger partial charge in [-0.1, -0.05) is 6.07 Å². The number of rotatable bonds is 2. The Bertz CT molecular complexity index is 615. The third kappa shape index (κ3) is 1.84. The maximum absolute atomic E-state index is 11.3. The number of hydrogen-bond acceptors (Lipinski definition) is 4. The monoisotopic (exact) mass is 245 g/mol. The number of nitrogens with two attached hydrogens (primary N) is 1. The van der Waals surface area contributed by atoms with Crippen LogP contribution in [0.25, 0.3) is 11.5 Å². The number of nitrogens with one attached hydrogen (secondary N) is 1. The van der Waals surface area contributed by atoms with Crippen molar-refractivity contribution in [1.82, 2.24) is 19.7 Å². The summed E-state index contributed by atoms with van der Waals surface area (Å²) in [4.78, 5) is 14.1. The predicted octanol–water partition coefficient (Wildman–Crippen LogP) is 0.154. The first kappa shape index (κ1) is 11.2. The van der Waals surface area contributed by atoms with Gasteiger partial charge in [-0.3, -0.25) is 4.79 Å². The lowest BCUT2D eigenvalue weighted by molar-refractivity contribution is 0.375. The van der Waals surface area contributed by atoms with Crippen LogP contribution < -0.4 is 11.3 Å². The first-order valence-electron chi connectivity index (χ1n) is 6.10. The zero-order valence-corrected chi connectivity index (χ0v) is 9.97. The molecule has 6 heteroatoms. The number of nitrogens with zero attached hydrogens (tertiary/aromatic N) is 3. The second-order valence-corrected chi connectivity index (χ2v) is 4.62. The maximum Gasteiger partial charge on any atom is 0.248 e. The molecule has 0 saturated carbocycles. The Morgan fingerprint density at radius 2 is 2.33 bits per heavy atom. The van der Waals surface area contributed by atoms with Crippen LogP contribution in [0.5, 0.6) is 0 Å². The van der Waals surface area contributed by atoms with Crippen LogP contribution in [0, 0.1) is 5.92 Å². The predicted molar refractivity (Wildman–Crippen MR) is 66.9 cm³/mol. The highest BCUT2D eigenvalue weighted by atomic mass is 16.1. The lowest BCUT2D eigenvalue weighted by atomic mass is 9.99. The van der Waals surface area contributed by atoms with Gasteiger partial charge in [0.1, 0.15) is 5.82 Å². The molecule has 1 atom stereocenters. The fourth-order valence-electron chi connectivity index (χ4n) is 2.36. The molecule has 0 fully saturated rings. The van der Waals surface area contributed by atoms with E-state index in [0.717, 1.165) is 31.0 Å². The topological polar surface area (TPSA) is 89.6 Å². The Morgan fingerprint density at radius 3 is 3.11 bits per heavy atom. The first-order valence-corrected chi connectivity index (χ1v) is 6.10. The van der Waals surface area contributed by atoms with E-state index in [-0.39, 0.29) is 5.56 Å². The van der Waals surface area contributed by atoms with Crippen LogP contribution in [0.15, 0.2) is 23.0 Å². The van der Waals surface area contributed by atoms with Crippen LogP contribution >= 0.6 is 0 Å². The molecule has 2 aromatic rings. The van der Waals surface area contributed by atoms with Gasteiger partial charge < -0.3 is 15.3 Å². The van der Waals surface area contributed by atoms with Crippen LogP contribution in [-0.2, 0) is 13.0 Å². The molecule has 0 saturated heterocycles. The highest BCUT2D eigenvalue weighted by Crippen LogP contribution is 2.23. The van der Waals surface area contributed by atoms with Crippen molar-refractivity contribution in [2.45, 2.75) is 19.4 Å². The molecule has 0 aliphatic carbocycles. The van der Waals surface area contributed by atoms with E-state index in [1.54, 1.807) is 6.07 Å². The number of hydrogen-bond donors (Lipinski definition) is 2. The summed E-state index contributed by atoms with van der Waals surface area (Å²) < 4.78 is 2.06. The molecule has 3 heterocycles. The van der Waals surface area contributed by atoms with Crippen molar-refractivity contribution < 1.29 is 0 Å². The summed E-state index contributed by atoms with van der Waals surface area (Å²) in [5.41, 5.74) is 6.31. The molecule has 1 aliphatic rings. The van der Waals surface area contributed by atoms with Gasteiger partial charge >= 0.3 is 0 Å². The lowest BCUT2D eigenvalue weighted by Gasteiger charge is -2.22. The van der Waals surface area contributed by atoms with Gasteiger partial charge in [-0.2, -0.15) is 0 Å². The Labute approximate surface area is 104 Å². The van der Waals surface area contributed by atoms with Gasteiger partial charge in [0.25, 0.3) is 0 Å². The third-order valence-electron chi connectivity index (χ3n) is 3.39. The van der Waals surface area contributed by atoms with E-state index < -0.39 is 0 Å². The smallest absolute Gasteiger partial charge is 0.248 e. The van der Waals surface area contributed by atoms with E-state index in [9.17, 15) is 4.79 Å². The molecule has 1 unspecified atom stereocenters. The quantitative estimate of drug-likeness (QED) is 0.788. The van der Waals surface area contributed by atoms with E-state index in [1.165, 1.54) is 6.07 Å². The van der Waals surface area contributed by atoms with Crippen molar-refractivity contribution in [2.75, 3.05) is 6.54 Å². The van der Waals surface area contributed by atoms with Crippen LogP contribution in [0.3, 0.4) is 0 Å². The second-order valence-electron chi connectivity index (χ2n) is 4.62. The molecule has 0 amide bonds. The molecule has 6 nitrogen and oxygen atoms in total. The fourth-order valence-corrected chi connectivity index (χ4v) is 2.36. The van der Waals surface area contributed by atoms with E-state index in [0.29, 0.717) is 18.2 Å². The molecule has 0 bridgehead atoms. The van der Waals surface area contributed by atoms with Gasteiger partial charge in [0.15, 0.2) is 5.82 Å². The van der Waals surface area contributed by atoms with Crippen molar-refractivity contribution in [1.29, 1.82) is 0 Å². The zero-order chi connectivity index (χ0) is 12.5. The number of fused-ring (bicyclic) bond motifs is 1. The average Bonchev–Trinajstić information content (AvgIpc) is 2.81. The summed E-state index contributed by atoms with van der Waals surface area (Å²) in [6, 6.07) is 5.05. The lowest BCUT2D eigenvalue weighted by Crippen LogP contribution is -2.27. The van der Waals surface area contributed by atoms with Crippen LogP contribution in [0.4, 0.5) is 0 Å². The molecule has 18 heavy (non-hydrogen) atoms. The Morgan fingerprint density at radius 1 is 1.44 bits per heavy atom. The van der Waals surface area contributed by atoms with E-state index in [4.69, 9.17) is 5.73 Å². The molecule has 2 aromatic heterocycles. The molecular formula is C12H15N5O. The molecule has 1 aliphatic heterocycles. The highest BCUT2D eigenvalue weighted by Gasteiger charge is 2.22. The normalized spacial score (nSPS) is 18.6. The minimum Gasteiger partial charge on any atom is -0.330 e. The number of pyridine rings is 1. The maximum atomic E-state index is 11.3. The largest absolute Gasteiger partial charge is 0.330 e. The van der Waals surface area contributed by atoms with Crippen molar-refractivity contribution >= 4 is 0 Å². The number of aromatic nitrogens is 4. The van der Waals surface area contributed by atoms with Gasteiger partial charge in [0.2, 0.25) is 5.56 Å². The van der Waals surface area contributed by atoms with Crippen LogP contribution in [-0.4, -0.2) is 26.3 Å². The van der Waals surface area contributed by atoms with Gasteiger partial charge in [-0.25, -0.2) is 0 Å². The van der Waals surface area contributed by atoms with Crippen LogP contribution in [0.1, 0.15) is 12.2 Å². The first-order chi connectivity index (χ1) is 8.78. The molecular weight excluding hydrogens is 230 g/mol. The minimum absolute atomic E-state index is 0.129. The van der Waals surface area contributed by atoms with Crippen LogP contribution in [0.2, 0.25) is 0 Å². The molecule has 94 valence electrons. The average molecular weight is 245 g/mol. The van der Waals surface area contributed by atoms with Gasteiger partial charge in [0.05, 0.1) is 5.69 Å². The molecule has 3 rings (SSSR count). The van der Waals surface area contributed by atoms with Crippen molar-refractivity contribution in [2.24, 2.45) is 11.7 Å². The Kier molecular flexibility index (Phi) is 2.71. The molecule has 0 radical (unpaired) electrons. The van der Waals surface area contributed by atoms with Crippen molar-refractivity contribution in [3.63, 3.8) is 0 Å². The Balaban J connectivity index is 2.04. The summed E-state index contributed by atoms with van der Waals surface area (Å²) in [7, 11) is 0. The summed E-state index contributed by atoms with van der Waals surface area (Å²) in [6.07, 6.45) is 1.95. The standard InChI is InChI=1S/C12H15N5O/c13-6-8-4-5-10-15-16-12(17(10)7-8)9-2-1-3-11(18)14-9/h1-3,8H,4-7,13H2,(H,14,18). The molecule has 0 aromatic carbocycles. The van der Waals surface area contributed by atoms with Crippen molar-refractivity contribution in [3.05, 3.63) is 34.4 Å². The summed E-state index contributed by atoms with van der Waals surface area (Å²) >= 11 is 0. The Hall–Kier alpha value is -1.95. The zero-order valence-electron chi connectivity index (χ0n) is 9.97. The SMILES string of the molecule is NCC1CCc2nnc(-c3cccc(=O)[nH]3)n2C1. The summed E-state index contributed by atoms with van der Waals surface area (Å²) in [6.45, 7) is 1.49. The minimum atomic E-state index is -0.129. The van der Waals surface area contributed by atoms with Gasteiger partial charge in [0, 0.05) is 19.0 Å². The van der Waals surface area contributed by atoms with Crippen molar-refractivity contribution in [3.8, 4) is 11.5 Å². The number of aryl methyl sites for hydroxylation is 1. The molecule has 3 N–H and O–H groups in total. The number of aromatic amines is 1. The highest BCUT2D eigenvalue weighted by molar-refractivity contribution is 5.49.